The van der Waals surface area contributed by atoms with Gasteiger partial charge in [-0.2, -0.15) is 0 Å². The molecule has 0 spiro atoms. The van der Waals surface area contributed by atoms with E-state index in [-0.39, 0.29) is 12.1 Å². The van der Waals surface area contributed by atoms with Gasteiger partial charge in [-0.3, -0.25) is 4.79 Å². The molecule has 4 nitrogen and oxygen atoms in total. The molecule has 23 heavy (non-hydrogen) atoms. The van der Waals surface area contributed by atoms with Crippen LogP contribution in [-0.4, -0.2) is 35.5 Å². The van der Waals surface area contributed by atoms with Crippen LogP contribution in [0, 0.1) is 23.4 Å². The topological polar surface area (TPSA) is 46.6 Å². The van der Waals surface area contributed by atoms with Crippen LogP contribution in [0.25, 0.3) is 0 Å². The van der Waals surface area contributed by atoms with Crippen LogP contribution in [0.3, 0.4) is 0 Å². The zero-order valence-electron chi connectivity index (χ0n) is 13.2. The Bertz CT molecular complexity index is 617. The Balaban J connectivity index is 2.07. The summed E-state index contributed by atoms with van der Waals surface area (Å²) in [6, 6.07) is 1.35. The van der Waals surface area contributed by atoms with E-state index in [2.05, 4.69) is 0 Å². The number of halogens is 3. The molecule has 1 aliphatic rings. The first-order valence-electron chi connectivity index (χ1n) is 7.25. The number of nitrogens with zero attached hydrogens (tertiary/aromatic N) is 1. The average molecular weight is 329 g/mol. The van der Waals surface area contributed by atoms with Crippen LogP contribution in [0.5, 0.6) is 0 Å². The molecule has 1 atom stereocenters. The van der Waals surface area contributed by atoms with E-state index >= 15 is 0 Å². The minimum Gasteiger partial charge on any atom is -0.444 e. The van der Waals surface area contributed by atoms with Crippen molar-refractivity contribution in [3.63, 3.8) is 0 Å². The van der Waals surface area contributed by atoms with Crippen molar-refractivity contribution in [2.75, 3.05) is 13.1 Å². The maximum absolute atomic E-state index is 13.2. The van der Waals surface area contributed by atoms with Gasteiger partial charge in [-0.1, -0.05) is 0 Å². The monoisotopic (exact) mass is 329 g/mol. The molecule has 1 aliphatic heterocycles. The molecule has 7 heteroatoms. The van der Waals surface area contributed by atoms with E-state index < -0.39 is 40.8 Å². The Morgan fingerprint density at radius 2 is 1.74 bits per heavy atom. The molecule has 0 N–H and O–H groups in total. The van der Waals surface area contributed by atoms with E-state index in [1.54, 1.807) is 20.8 Å². The molecular weight excluding hydrogens is 311 g/mol. The van der Waals surface area contributed by atoms with Crippen molar-refractivity contribution in [1.29, 1.82) is 0 Å². The number of amides is 1. The van der Waals surface area contributed by atoms with E-state index in [4.69, 9.17) is 4.74 Å². The fourth-order valence-electron chi connectivity index (χ4n) is 2.40. The third-order valence-electron chi connectivity index (χ3n) is 3.48. The zero-order valence-corrected chi connectivity index (χ0v) is 13.2. The number of hydrogen-bond donors (Lipinski definition) is 0. The smallest absolute Gasteiger partial charge is 0.410 e. The number of Topliss-reactive ketones (excluding diaryl/α,β-unsaturated/α-hetero) is 1. The highest BCUT2D eigenvalue weighted by Crippen LogP contribution is 2.24. The van der Waals surface area contributed by atoms with Gasteiger partial charge in [0.05, 0.1) is 0 Å². The van der Waals surface area contributed by atoms with E-state index in [0.29, 0.717) is 25.1 Å². The molecule has 1 fully saturated rings. The summed E-state index contributed by atoms with van der Waals surface area (Å²) in [6.45, 7) is 5.61. The van der Waals surface area contributed by atoms with Gasteiger partial charge in [-0.15, -0.1) is 0 Å². The number of rotatable bonds is 2. The first-order chi connectivity index (χ1) is 10.6. The van der Waals surface area contributed by atoms with Crippen LogP contribution in [0.4, 0.5) is 18.0 Å². The number of benzene rings is 1. The molecule has 126 valence electrons. The summed E-state index contributed by atoms with van der Waals surface area (Å²) in [4.78, 5) is 25.6. The number of ether oxygens (including phenoxy) is 1. The summed E-state index contributed by atoms with van der Waals surface area (Å²) < 4.78 is 44.6. The molecule has 1 amide bonds. The van der Waals surface area contributed by atoms with Gasteiger partial charge >= 0.3 is 6.09 Å². The Hall–Kier alpha value is -2.05. The third kappa shape index (κ3) is 4.03. The van der Waals surface area contributed by atoms with Crippen LogP contribution in [-0.2, 0) is 4.74 Å². The van der Waals surface area contributed by atoms with E-state index in [0.717, 1.165) is 0 Å². The molecule has 0 radical (unpaired) electrons. The van der Waals surface area contributed by atoms with Gasteiger partial charge in [0, 0.05) is 24.6 Å². The predicted octanol–water partition coefficient (Wildman–Crippen LogP) is 3.54. The molecule has 0 aliphatic carbocycles. The molecule has 1 aromatic carbocycles. The summed E-state index contributed by atoms with van der Waals surface area (Å²) >= 11 is 0. The summed E-state index contributed by atoms with van der Waals surface area (Å²) in [5, 5.41) is 0. The quantitative estimate of drug-likeness (QED) is 0.616. The summed E-state index contributed by atoms with van der Waals surface area (Å²) in [5.41, 5.74) is -0.889. The molecule has 0 saturated carbocycles. The van der Waals surface area contributed by atoms with Crippen molar-refractivity contribution < 1.29 is 27.5 Å². The van der Waals surface area contributed by atoms with Crippen molar-refractivity contribution >= 4 is 11.9 Å². The third-order valence-corrected chi connectivity index (χ3v) is 3.48. The Labute approximate surface area is 132 Å². The normalized spacial score (nSPS) is 18.2. The van der Waals surface area contributed by atoms with Crippen molar-refractivity contribution in [2.45, 2.75) is 32.8 Å². The fraction of sp³-hybridized carbons (Fsp3) is 0.500. The summed E-state index contributed by atoms with van der Waals surface area (Å²) in [6.07, 6.45) is -0.178. The van der Waals surface area contributed by atoms with Crippen LogP contribution in [0.1, 0.15) is 37.6 Å². The van der Waals surface area contributed by atoms with Gasteiger partial charge < -0.3 is 9.64 Å². The second-order valence-electron chi connectivity index (χ2n) is 6.53. The average Bonchev–Trinajstić information content (AvgIpc) is 2.91. The molecule has 0 aromatic heterocycles. The maximum atomic E-state index is 13.2. The Kier molecular flexibility index (Phi) is 4.68. The van der Waals surface area contributed by atoms with E-state index in [1.165, 1.54) is 4.90 Å². The van der Waals surface area contributed by atoms with Gasteiger partial charge in [0.15, 0.2) is 23.2 Å². The van der Waals surface area contributed by atoms with Gasteiger partial charge in [-0.25, -0.2) is 18.0 Å². The van der Waals surface area contributed by atoms with E-state index in [1.807, 2.05) is 0 Å². The molecule has 1 saturated heterocycles. The van der Waals surface area contributed by atoms with Gasteiger partial charge in [-0.05, 0) is 39.3 Å². The highest BCUT2D eigenvalue weighted by Gasteiger charge is 2.34. The summed E-state index contributed by atoms with van der Waals surface area (Å²) in [5.74, 6) is -5.53. The molecule has 0 unspecified atom stereocenters. The number of ketones is 1. The lowest BCUT2D eigenvalue weighted by atomic mass is 9.97. The first-order valence-corrected chi connectivity index (χ1v) is 7.25. The van der Waals surface area contributed by atoms with Gasteiger partial charge in [0.25, 0.3) is 0 Å². The highest BCUT2D eigenvalue weighted by molar-refractivity contribution is 5.98. The Morgan fingerprint density at radius 1 is 1.17 bits per heavy atom. The Morgan fingerprint density at radius 3 is 2.26 bits per heavy atom. The molecule has 1 heterocycles. The SMILES string of the molecule is CC(C)(C)OC(=O)N1CC[C@H](C(=O)c2cc(F)c(F)c(F)c2)C1. The van der Waals surface area contributed by atoms with Crippen LogP contribution in [0.2, 0.25) is 0 Å². The van der Waals surface area contributed by atoms with Gasteiger partial charge in [0.2, 0.25) is 0 Å². The maximum Gasteiger partial charge on any atom is 0.410 e. The first kappa shape index (κ1) is 17.3. The summed E-state index contributed by atoms with van der Waals surface area (Å²) in [7, 11) is 0. The lowest BCUT2D eigenvalue weighted by Crippen LogP contribution is -2.35. The van der Waals surface area contributed by atoms with Gasteiger partial charge in [0.1, 0.15) is 5.60 Å². The second kappa shape index (κ2) is 6.22. The molecule has 0 bridgehead atoms. The van der Waals surface area contributed by atoms with Crippen molar-refractivity contribution in [1.82, 2.24) is 4.90 Å². The standard InChI is InChI=1S/C16H18F3NO3/c1-16(2,3)23-15(22)20-5-4-9(8-20)14(21)10-6-11(17)13(19)12(18)7-10/h6-7,9H,4-5,8H2,1-3H3/t9-/m0/s1. The lowest BCUT2D eigenvalue weighted by Gasteiger charge is -2.24. The number of likely N-dealkylation sites (tertiary alicyclic amines) is 1. The van der Waals surface area contributed by atoms with Crippen molar-refractivity contribution in [3.8, 4) is 0 Å². The molecular formula is C16H18F3NO3. The predicted molar refractivity (Wildman–Crippen MR) is 76.6 cm³/mol. The van der Waals surface area contributed by atoms with Crippen LogP contribution >= 0.6 is 0 Å². The number of carbonyl (C=O) groups is 2. The molecule has 1 aromatic rings. The second-order valence-corrected chi connectivity index (χ2v) is 6.53. The largest absolute Gasteiger partial charge is 0.444 e. The molecule has 2 rings (SSSR count). The lowest BCUT2D eigenvalue weighted by molar-refractivity contribution is 0.0289. The van der Waals surface area contributed by atoms with Crippen molar-refractivity contribution in [3.05, 3.63) is 35.1 Å². The van der Waals surface area contributed by atoms with Crippen LogP contribution in [0.15, 0.2) is 12.1 Å². The van der Waals surface area contributed by atoms with Crippen LogP contribution < -0.4 is 0 Å². The minimum absolute atomic E-state index is 0.106. The highest BCUT2D eigenvalue weighted by atomic mass is 19.2. The fourth-order valence-corrected chi connectivity index (χ4v) is 2.40. The number of hydrogen-bond acceptors (Lipinski definition) is 3. The van der Waals surface area contributed by atoms with Crippen molar-refractivity contribution in [2.24, 2.45) is 5.92 Å². The number of carbonyl (C=O) groups excluding carboxylic acids is 2. The zero-order chi connectivity index (χ0) is 17.4. The van der Waals surface area contributed by atoms with E-state index in [9.17, 15) is 22.8 Å². The minimum atomic E-state index is -1.61.